The van der Waals surface area contributed by atoms with Crippen LogP contribution in [0, 0.1) is 55.3 Å². The first-order valence-electron chi connectivity index (χ1n) is 24.9. The van der Waals surface area contributed by atoms with Crippen LogP contribution in [0.25, 0.3) is 34.1 Å². The second-order valence-corrected chi connectivity index (χ2v) is 20.7. The summed E-state index contributed by atoms with van der Waals surface area (Å²) in [7, 11) is 1.33. The van der Waals surface area contributed by atoms with E-state index < -0.39 is 17.9 Å². The van der Waals surface area contributed by atoms with Gasteiger partial charge in [-0.25, -0.2) is 0 Å². The summed E-state index contributed by atoms with van der Waals surface area (Å²) in [5, 5.41) is 25.0. The molecule has 1 fully saturated rings. The third kappa shape index (κ3) is 12.0. The molecule has 0 aromatic carbocycles. The molecular formula is C55H78MgN4O6-2. The van der Waals surface area contributed by atoms with Crippen molar-refractivity contribution in [3.8, 4) is 0 Å². The molecule has 1 aliphatic carbocycles. The molecule has 4 aliphatic rings. The molecule has 8 bridgehead atoms. The molecule has 0 amide bonds. The van der Waals surface area contributed by atoms with E-state index in [0.717, 1.165) is 59.2 Å². The van der Waals surface area contributed by atoms with Crippen molar-refractivity contribution in [1.29, 1.82) is 0 Å². The first-order chi connectivity index (χ1) is 30.9. The molecule has 9 atom stereocenters. The van der Waals surface area contributed by atoms with Gasteiger partial charge in [-0.05, 0) is 88.8 Å². The van der Waals surface area contributed by atoms with Crippen LogP contribution in [0.1, 0.15) is 167 Å². The first-order valence-corrected chi connectivity index (χ1v) is 24.9. The van der Waals surface area contributed by atoms with Crippen LogP contribution in [0.15, 0.2) is 22.9 Å². The Morgan fingerprint density at radius 3 is 2.21 bits per heavy atom. The Hall–Kier alpha value is -3.54. The molecule has 0 radical (unpaired) electrons. The number of hydrogen-bond acceptors (Lipinski definition) is 6. The summed E-state index contributed by atoms with van der Waals surface area (Å²) >= 11 is 0. The third-order valence-corrected chi connectivity index (χ3v) is 15.4. The minimum Gasteiger partial charge on any atom is -0.681 e. The molecular weight excluding hydrogens is 837 g/mol. The van der Waals surface area contributed by atoms with Gasteiger partial charge in [-0.15, -0.1) is 45.9 Å². The molecule has 5 heterocycles. The van der Waals surface area contributed by atoms with Gasteiger partial charge in [-0.2, -0.15) is 5.69 Å². The number of fused-ring (bicyclic) bond motifs is 8. The van der Waals surface area contributed by atoms with Crippen molar-refractivity contribution in [3.05, 3.63) is 77.2 Å². The number of esters is 2. The van der Waals surface area contributed by atoms with Gasteiger partial charge in [0.25, 0.3) is 0 Å². The minimum atomic E-state index is -1.07. The van der Waals surface area contributed by atoms with Crippen molar-refractivity contribution in [2.75, 3.05) is 13.7 Å². The zero-order valence-electron chi connectivity index (χ0n) is 42.4. The fourth-order valence-corrected chi connectivity index (χ4v) is 11.3. The van der Waals surface area contributed by atoms with E-state index >= 15 is 0 Å². The molecule has 358 valence electrons. The van der Waals surface area contributed by atoms with Crippen LogP contribution in [0.4, 0.5) is 0 Å². The smallest absolute Gasteiger partial charge is 0.681 e. The number of ether oxygens (including phenoxy) is 2. The van der Waals surface area contributed by atoms with Gasteiger partial charge in [0.2, 0.25) is 0 Å². The number of allylic oxidation sites excluding steroid dienone is 2. The van der Waals surface area contributed by atoms with Gasteiger partial charge in [0.05, 0.1) is 7.11 Å². The monoisotopic (exact) mass is 915 g/mol. The molecule has 3 aliphatic heterocycles. The number of aliphatic hydroxyl groups is 1. The zero-order valence-corrected chi connectivity index (χ0v) is 43.8. The molecule has 10 nitrogen and oxygen atoms in total. The molecule has 2 aromatic rings. The van der Waals surface area contributed by atoms with Gasteiger partial charge >= 0.3 is 35.0 Å². The van der Waals surface area contributed by atoms with Crippen LogP contribution in [-0.2, 0) is 25.5 Å². The largest absolute Gasteiger partial charge is 2.00 e. The Morgan fingerprint density at radius 2 is 1.58 bits per heavy atom. The van der Waals surface area contributed by atoms with E-state index in [1.807, 2.05) is 32.1 Å². The average molecular weight is 916 g/mol. The van der Waals surface area contributed by atoms with Gasteiger partial charge in [0.1, 0.15) is 18.3 Å². The summed E-state index contributed by atoms with van der Waals surface area (Å²) in [5.74, 6) is 0.137. The molecule has 3 unspecified atom stereocenters. The Morgan fingerprint density at radius 1 is 0.909 bits per heavy atom. The van der Waals surface area contributed by atoms with Crippen molar-refractivity contribution < 1.29 is 29.0 Å². The SMILES string of the molecule is CC[C@@H]1C(C)=C2/C=c3\[n-]/c(c(C)c3C(C)=O)=C\C3[N-]C(C4=c5[n-]c(c(C)c5=C(O)[C@@H]4C(=O)OC)CC1[N-]2)[C@@H](CCC(=O)OC/C=C(\C)CCC[C@H](C)CCC[C@H](C)CCCC(C)C)[C@@H]3C.[Mg+2]. The number of ketones is 1. The fourth-order valence-electron chi connectivity index (χ4n) is 11.3. The van der Waals surface area contributed by atoms with E-state index in [1.165, 1.54) is 57.6 Å². The number of carbonyl (C=O) groups excluding carboxylic acids is 3. The molecule has 11 heteroatoms. The van der Waals surface area contributed by atoms with Crippen LogP contribution in [0.2, 0.25) is 0 Å². The van der Waals surface area contributed by atoms with Gasteiger partial charge < -0.3 is 35.2 Å². The first kappa shape index (κ1) is 53.4. The maximum atomic E-state index is 13.7. The van der Waals surface area contributed by atoms with Crippen molar-refractivity contribution in [2.24, 2.45) is 41.4 Å². The maximum Gasteiger partial charge on any atom is 2.00 e. The number of hydrogen-bond donors (Lipinski definition) is 1. The van der Waals surface area contributed by atoms with Gasteiger partial charge in [0, 0.05) is 12.0 Å². The van der Waals surface area contributed by atoms with E-state index in [1.54, 1.807) is 6.92 Å². The predicted octanol–water partition coefficient (Wildman–Crippen LogP) is 8.62. The van der Waals surface area contributed by atoms with Crippen LogP contribution in [0.5, 0.6) is 0 Å². The summed E-state index contributed by atoms with van der Waals surface area (Å²) in [6, 6.07) is -1.03. The predicted molar refractivity (Wildman–Crippen MR) is 267 cm³/mol. The number of carbonyl (C=O) groups is 3. The van der Waals surface area contributed by atoms with E-state index in [2.05, 4.69) is 55.4 Å². The summed E-state index contributed by atoms with van der Waals surface area (Å²) in [5.41, 5.74) is 6.85. The summed E-state index contributed by atoms with van der Waals surface area (Å²) in [6.45, 7) is 23.6. The standard InChI is InChI=1S/C55H78N4O6.Mg/c1-13-39-34(7)41-29-46-48(38(11)60)36(9)43(57-46)27-42-35(8)40(52(58-42)50-51(55(63)64-12)54(62)49-37(10)44(59-53(49)50)28-45(39)56-41)23-24-47(61)65-26-25-33(6)22-16-21-32(5)20-15-19-31(4)18-14-17-30(2)3;/h25,27,29-32,35,39-40,42,45,51-52,62H,13-24,26,28H2,1-12H3;/q-4;+2/b33-25+,43-27-,46-29-;/t31-,32-,35+,39-,40+,42?,45?,51-,52?;/m1./s1. The Bertz CT molecular complexity index is 2390. The maximum absolute atomic E-state index is 13.7. The van der Waals surface area contributed by atoms with E-state index in [4.69, 9.17) is 30.1 Å². The summed E-state index contributed by atoms with van der Waals surface area (Å²) in [4.78, 5) is 50.6. The minimum absolute atomic E-state index is 0. The molecule has 6 rings (SSSR count). The van der Waals surface area contributed by atoms with E-state index in [0.29, 0.717) is 51.2 Å². The summed E-state index contributed by atoms with van der Waals surface area (Å²) in [6.07, 6.45) is 19.3. The van der Waals surface area contributed by atoms with Crippen molar-refractivity contribution >= 4 is 64.3 Å². The zero-order chi connectivity index (χ0) is 47.3. The van der Waals surface area contributed by atoms with Crippen LogP contribution < -0.4 is 31.2 Å². The number of rotatable bonds is 20. The molecule has 1 N–H and O–H groups in total. The second-order valence-electron chi connectivity index (χ2n) is 20.7. The third-order valence-electron chi connectivity index (χ3n) is 15.4. The Balaban J connectivity index is 0.00000817. The van der Waals surface area contributed by atoms with Crippen LogP contribution in [0.3, 0.4) is 0 Å². The van der Waals surface area contributed by atoms with Crippen LogP contribution >= 0.6 is 0 Å². The number of aromatic nitrogens is 2. The Labute approximate surface area is 411 Å². The van der Waals surface area contributed by atoms with Gasteiger partial charge in [-0.1, -0.05) is 145 Å². The fraction of sp³-hybridized carbons (Fsp3) is 0.655. The van der Waals surface area contributed by atoms with Crippen molar-refractivity contribution in [2.45, 2.75) is 178 Å². The molecule has 0 saturated carbocycles. The molecule has 66 heavy (non-hydrogen) atoms. The van der Waals surface area contributed by atoms with Gasteiger partial charge in [0.15, 0.2) is 5.78 Å². The number of Topliss-reactive ketones (excluding diaryl/α,β-unsaturated/α-hetero) is 1. The topological polar surface area (TPSA) is 146 Å². The normalized spacial score (nSPS) is 25.5. The van der Waals surface area contributed by atoms with Crippen molar-refractivity contribution in [3.63, 3.8) is 0 Å². The van der Waals surface area contributed by atoms with Crippen molar-refractivity contribution in [1.82, 2.24) is 9.97 Å². The Kier molecular flexibility index (Phi) is 19.1. The van der Waals surface area contributed by atoms with Crippen LogP contribution in [-0.4, -0.2) is 77.7 Å². The summed E-state index contributed by atoms with van der Waals surface area (Å²) < 4.78 is 11.1. The number of aliphatic hydroxyl groups excluding tert-OH is 1. The number of methoxy groups -OCH3 is 1. The average Bonchev–Trinajstić information content (AvgIpc) is 4.00. The van der Waals surface area contributed by atoms with E-state index in [-0.39, 0.29) is 83.4 Å². The molecule has 0 spiro atoms. The quantitative estimate of drug-likeness (QED) is 0.0602. The molecule has 1 saturated heterocycles. The second kappa shape index (κ2) is 23.6. The van der Waals surface area contributed by atoms with Gasteiger partial charge in [-0.3, -0.25) is 14.4 Å². The molecule has 2 aromatic heterocycles. The number of nitrogens with zero attached hydrogens (tertiary/aromatic N) is 4. The van der Waals surface area contributed by atoms with E-state index in [9.17, 15) is 19.5 Å².